The first-order valence-electron chi connectivity index (χ1n) is 6.87. The van der Waals surface area contributed by atoms with Crippen molar-refractivity contribution in [3.05, 3.63) is 54.9 Å². The van der Waals surface area contributed by atoms with Gasteiger partial charge in [-0.05, 0) is 12.1 Å². The number of anilines is 1. The van der Waals surface area contributed by atoms with Gasteiger partial charge in [-0.3, -0.25) is 0 Å². The first kappa shape index (κ1) is 11.4. The van der Waals surface area contributed by atoms with Gasteiger partial charge in [-0.1, -0.05) is 30.3 Å². The molecule has 0 unspecified atom stereocenters. The normalized spacial score (nSPS) is 14.9. The standard InChI is InChI=1S/C17H17N3/c1-18-10-11-20(12-18)16-9-5-7-14-13-6-3-4-8-15(13)19(2)17(14)16/h3-11H,12H2,1-2H3. The van der Waals surface area contributed by atoms with E-state index in [4.69, 9.17) is 0 Å². The minimum absolute atomic E-state index is 0.903. The molecule has 0 radical (unpaired) electrons. The third-order valence-electron chi connectivity index (χ3n) is 4.09. The van der Waals surface area contributed by atoms with Gasteiger partial charge in [0.2, 0.25) is 0 Å². The topological polar surface area (TPSA) is 11.4 Å². The number of para-hydroxylation sites is 2. The Hall–Kier alpha value is -2.42. The van der Waals surface area contributed by atoms with E-state index in [1.165, 1.54) is 27.5 Å². The van der Waals surface area contributed by atoms with Gasteiger partial charge in [0.25, 0.3) is 0 Å². The number of rotatable bonds is 1. The minimum Gasteiger partial charge on any atom is -0.361 e. The molecule has 0 amide bonds. The molecule has 1 aliphatic heterocycles. The first-order valence-corrected chi connectivity index (χ1v) is 6.87. The average molecular weight is 263 g/mol. The number of benzene rings is 2. The van der Waals surface area contributed by atoms with Crippen LogP contribution in [0.25, 0.3) is 21.8 Å². The SMILES string of the molecule is CN1C=CN(c2cccc3c4ccccc4n(C)c23)C1. The largest absolute Gasteiger partial charge is 0.361 e. The third kappa shape index (κ3) is 1.46. The molecule has 0 atom stereocenters. The number of aromatic nitrogens is 1. The fourth-order valence-electron chi connectivity index (χ4n) is 3.13. The Morgan fingerprint density at radius 3 is 2.45 bits per heavy atom. The van der Waals surface area contributed by atoms with Crippen LogP contribution >= 0.6 is 0 Å². The van der Waals surface area contributed by atoms with Crippen molar-refractivity contribution in [3.8, 4) is 0 Å². The van der Waals surface area contributed by atoms with Crippen LogP contribution in [0.2, 0.25) is 0 Å². The minimum atomic E-state index is 0.903. The number of aryl methyl sites for hydroxylation is 1. The van der Waals surface area contributed by atoms with Gasteiger partial charge < -0.3 is 14.4 Å². The molecular weight excluding hydrogens is 246 g/mol. The molecule has 0 bridgehead atoms. The summed E-state index contributed by atoms with van der Waals surface area (Å²) in [4.78, 5) is 4.47. The summed E-state index contributed by atoms with van der Waals surface area (Å²) in [7, 11) is 4.25. The molecule has 4 rings (SSSR count). The highest BCUT2D eigenvalue weighted by atomic mass is 15.3. The van der Waals surface area contributed by atoms with Gasteiger partial charge in [0.05, 0.1) is 17.9 Å². The summed E-state index contributed by atoms with van der Waals surface area (Å²) in [6.45, 7) is 0.903. The lowest BCUT2D eigenvalue weighted by Crippen LogP contribution is -2.22. The van der Waals surface area contributed by atoms with E-state index < -0.39 is 0 Å². The van der Waals surface area contributed by atoms with Crippen LogP contribution < -0.4 is 4.90 Å². The third-order valence-corrected chi connectivity index (χ3v) is 4.09. The van der Waals surface area contributed by atoms with Gasteiger partial charge >= 0.3 is 0 Å². The summed E-state index contributed by atoms with van der Waals surface area (Å²) in [5.74, 6) is 0. The quantitative estimate of drug-likeness (QED) is 0.665. The summed E-state index contributed by atoms with van der Waals surface area (Å²) in [5.41, 5.74) is 3.85. The molecule has 20 heavy (non-hydrogen) atoms. The van der Waals surface area contributed by atoms with E-state index in [0.29, 0.717) is 0 Å². The van der Waals surface area contributed by atoms with Crippen LogP contribution in [-0.2, 0) is 7.05 Å². The van der Waals surface area contributed by atoms with E-state index in [1.807, 2.05) is 0 Å². The average Bonchev–Trinajstić information content (AvgIpc) is 3.03. The van der Waals surface area contributed by atoms with Gasteiger partial charge in [-0.25, -0.2) is 0 Å². The molecule has 3 heteroatoms. The van der Waals surface area contributed by atoms with E-state index in [1.54, 1.807) is 0 Å². The second-order valence-corrected chi connectivity index (χ2v) is 5.42. The molecule has 100 valence electrons. The number of nitrogens with zero attached hydrogens (tertiary/aromatic N) is 3. The highest BCUT2D eigenvalue weighted by molar-refractivity contribution is 6.12. The lowest BCUT2D eigenvalue weighted by molar-refractivity contribution is 0.496. The van der Waals surface area contributed by atoms with E-state index >= 15 is 0 Å². The zero-order chi connectivity index (χ0) is 13.7. The zero-order valence-electron chi connectivity index (χ0n) is 11.7. The molecule has 2 aromatic carbocycles. The van der Waals surface area contributed by atoms with E-state index in [2.05, 4.69) is 83.3 Å². The molecule has 0 fully saturated rings. The van der Waals surface area contributed by atoms with Crippen molar-refractivity contribution in [3.63, 3.8) is 0 Å². The Balaban J connectivity index is 2.05. The number of hydrogen-bond acceptors (Lipinski definition) is 2. The Kier molecular flexibility index (Phi) is 2.30. The Labute approximate surface area is 118 Å². The maximum absolute atomic E-state index is 2.30. The molecule has 0 saturated carbocycles. The maximum Gasteiger partial charge on any atom is 0.0939 e. The molecule has 0 spiro atoms. The summed E-state index contributed by atoms with van der Waals surface area (Å²) in [5, 5.41) is 2.65. The summed E-state index contributed by atoms with van der Waals surface area (Å²) >= 11 is 0. The molecule has 0 N–H and O–H groups in total. The Morgan fingerprint density at radius 2 is 1.65 bits per heavy atom. The lowest BCUT2D eigenvalue weighted by atomic mass is 10.1. The predicted molar refractivity (Wildman–Crippen MR) is 84.7 cm³/mol. The van der Waals surface area contributed by atoms with Crippen LogP contribution in [0.3, 0.4) is 0 Å². The van der Waals surface area contributed by atoms with Crippen LogP contribution in [-0.4, -0.2) is 23.2 Å². The Bertz CT molecular complexity index is 829. The van der Waals surface area contributed by atoms with E-state index in [9.17, 15) is 0 Å². The van der Waals surface area contributed by atoms with Gasteiger partial charge in [-0.2, -0.15) is 0 Å². The van der Waals surface area contributed by atoms with Crippen LogP contribution in [0.4, 0.5) is 5.69 Å². The predicted octanol–water partition coefficient (Wildman–Crippen LogP) is 3.51. The number of fused-ring (bicyclic) bond motifs is 3. The molecule has 3 aromatic rings. The highest BCUT2D eigenvalue weighted by Gasteiger charge is 2.17. The number of hydrogen-bond donors (Lipinski definition) is 0. The fraction of sp³-hybridized carbons (Fsp3) is 0.176. The molecule has 0 saturated heterocycles. The van der Waals surface area contributed by atoms with E-state index in [-0.39, 0.29) is 0 Å². The van der Waals surface area contributed by atoms with Crippen LogP contribution in [0.15, 0.2) is 54.9 Å². The van der Waals surface area contributed by atoms with Gasteiger partial charge in [-0.15, -0.1) is 0 Å². The second kappa shape index (κ2) is 4.04. The highest BCUT2D eigenvalue weighted by Crippen LogP contribution is 2.35. The van der Waals surface area contributed by atoms with Crippen molar-refractivity contribution >= 4 is 27.5 Å². The monoisotopic (exact) mass is 263 g/mol. The zero-order valence-corrected chi connectivity index (χ0v) is 11.7. The molecule has 0 aliphatic carbocycles. The van der Waals surface area contributed by atoms with Crippen molar-refractivity contribution in [2.24, 2.45) is 7.05 Å². The molecular formula is C17H17N3. The van der Waals surface area contributed by atoms with E-state index in [0.717, 1.165) is 6.67 Å². The molecule has 3 nitrogen and oxygen atoms in total. The summed E-state index contributed by atoms with van der Waals surface area (Å²) in [6, 6.07) is 15.2. The maximum atomic E-state index is 2.30. The van der Waals surface area contributed by atoms with Crippen LogP contribution in [0.5, 0.6) is 0 Å². The molecule has 2 heterocycles. The van der Waals surface area contributed by atoms with Crippen LogP contribution in [0.1, 0.15) is 0 Å². The van der Waals surface area contributed by atoms with Crippen molar-refractivity contribution in [2.75, 3.05) is 18.6 Å². The Morgan fingerprint density at radius 1 is 0.850 bits per heavy atom. The van der Waals surface area contributed by atoms with Crippen molar-refractivity contribution in [2.45, 2.75) is 0 Å². The van der Waals surface area contributed by atoms with Crippen LogP contribution in [0, 0.1) is 0 Å². The van der Waals surface area contributed by atoms with Gasteiger partial charge in [0, 0.05) is 42.8 Å². The molecule has 1 aromatic heterocycles. The second-order valence-electron chi connectivity index (χ2n) is 5.42. The smallest absolute Gasteiger partial charge is 0.0939 e. The van der Waals surface area contributed by atoms with Gasteiger partial charge in [0.1, 0.15) is 0 Å². The first-order chi connectivity index (χ1) is 9.75. The van der Waals surface area contributed by atoms with Crippen molar-refractivity contribution in [1.82, 2.24) is 9.47 Å². The summed E-state index contributed by atoms with van der Waals surface area (Å²) < 4.78 is 2.30. The summed E-state index contributed by atoms with van der Waals surface area (Å²) in [6.07, 6.45) is 4.26. The van der Waals surface area contributed by atoms with Gasteiger partial charge in [0.15, 0.2) is 0 Å². The van der Waals surface area contributed by atoms with Crippen molar-refractivity contribution in [1.29, 1.82) is 0 Å². The van der Waals surface area contributed by atoms with Crippen molar-refractivity contribution < 1.29 is 0 Å². The fourth-order valence-corrected chi connectivity index (χ4v) is 3.13. The molecule has 1 aliphatic rings. The lowest BCUT2D eigenvalue weighted by Gasteiger charge is -2.19.